The van der Waals surface area contributed by atoms with Gasteiger partial charge in [-0.2, -0.15) is 0 Å². The summed E-state index contributed by atoms with van der Waals surface area (Å²) in [6.45, 7) is 8.09. The van der Waals surface area contributed by atoms with Gasteiger partial charge in [-0.1, -0.05) is 6.92 Å². The molecule has 0 spiro atoms. The largest absolute Gasteiger partial charge is 0.255 e. The van der Waals surface area contributed by atoms with Gasteiger partial charge in [0.1, 0.15) is 5.82 Å². The molecular weight excluding hydrogens is 319 g/mol. The van der Waals surface area contributed by atoms with Gasteiger partial charge in [0.25, 0.3) is 0 Å². The predicted octanol–water partition coefficient (Wildman–Crippen LogP) is 3.44. The summed E-state index contributed by atoms with van der Waals surface area (Å²) in [4.78, 5) is 4.09. The molecule has 1 heterocycles. The molecule has 0 bridgehead atoms. The van der Waals surface area contributed by atoms with E-state index in [1.165, 1.54) is 6.07 Å². The normalized spacial score (nSPS) is 15.1. The van der Waals surface area contributed by atoms with Crippen LogP contribution in [0.1, 0.15) is 39.4 Å². The van der Waals surface area contributed by atoms with E-state index < -0.39 is 11.0 Å². The topological polar surface area (TPSA) is 33.2 Å². The fourth-order valence-electron chi connectivity index (χ4n) is 1.70. The molecule has 18 heavy (non-hydrogen) atoms. The van der Waals surface area contributed by atoms with Crippen LogP contribution in [-0.2, 0) is 11.0 Å². The van der Waals surface area contributed by atoms with E-state index in [4.69, 9.17) is 0 Å². The van der Waals surface area contributed by atoms with Gasteiger partial charge in [-0.05, 0) is 42.8 Å². The molecule has 0 radical (unpaired) electrons. The molecule has 1 rings (SSSR count). The van der Waals surface area contributed by atoms with Crippen LogP contribution in [0.4, 0.5) is 4.39 Å². The smallest absolute Gasteiger partial charge is 0.147 e. The average Bonchev–Trinajstić information content (AvgIpc) is 2.29. The van der Waals surface area contributed by atoms with E-state index in [1.807, 2.05) is 27.7 Å². The maximum absolute atomic E-state index is 13.8. The van der Waals surface area contributed by atoms with Gasteiger partial charge in [-0.3, -0.25) is 4.98 Å². The highest BCUT2D eigenvalue weighted by molar-refractivity contribution is 9.10. The number of hydrogen-bond acceptors (Lipinski definition) is 2. The Morgan fingerprint density at radius 3 is 2.56 bits per heavy atom. The molecule has 0 aliphatic carbocycles. The van der Waals surface area contributed by atoms with Crippen LogP contribution in [-0.4, -0.2) is 25.3 Å². The van der Waals surface area contributed by atoms with Gasteiger partial charge in [0.05, 0.1) is 22.7 Å². The number of nitrogens with zero attached hydrogens (tertiary/aromatic N) is 2. The molecule has 0 aliphatic rings. The number of halogens is 2. The molecule has 0 saturated carbocycles. The lowest BCUT2D eigenvalue weighted by atomic mass is 10.2. The Morgan fingerprint density at radius 1 is 1.50 bits per heavy atom. The average molecular weight is 337 g/mol. The Morgan fingerprint density at radius 2 is 2.11 bits per heavy atom. The molecule has 6 heteroatoms. The second-order valence-electron chi connectivity index (χ2n) is 4.25. The number of pyridine rings is 1. The lowest BCUT2D eigenvalue weighted by Crippen LogP contribution is -2.34. The predicted molar refractivity (Wildman–Crippen MR) is 76.0 cm³/mol. The van der Waals surface area contributed by atoms with E-state index in [2.05, 4.69) is 20.9 Å². The summed E-state index contributed by atoms with van der Waals surface area (Å²) in [6.07, 6.45) is 1.56. The summed E-state index contributed by atoms with van der Waals surface area (Å²) in [5.74, 6) is -0.379. The highest BCUT2D eigenvalue weighted by Crippen LogP contribution is 2.25. The zero-order chi connectivity index (χ0) is 13.9. The molecular formula is C12H18BrFN2OS. The molecule has 0 saturated heterocycles. The highest BCUT2D eigenvalue weighted by atomic mass is 79.9. The summed E-state index contributed by atoms with van der Waals surface area (Å²) in [5.41, 5.74) is 0.328. The lowest BCUT2D eigenvalue weighted by molar-refractivity contribution is 0.360. The van der Waals surface area contributed by atoms with Crippen LogP contribution in [0.25, 0.3) is 0 Å². The van der Waals surface area contributed by atoms with Gasteiger partial charge in [-0.25, -0.2) is 12.9 Å². The van der Waals surface area contributed by atoms with E-state index in [1.54, 1.807) is 10.5 Å². The van der Waals surface area contributed by atoms with Gasteiger partial charge < -0.3 is 0 Å². The third-order valence-corrected chi connectivity index (χ3v) is 4.89. The highest BCUT2D eigenvalue weighted by Gasteiger charge is 2.25. The Hall–Kier alpha value is -0.330. The Balaban J connectivity index is 3.03. The Kier molecular flexibility index (Phi) is 5.88. The summed E-state index contributed by atoms with van der Waals surface area (Å²) >= 11 is 3.18. The fraction of sp³-hybridized carbons (Fsp3) is 0.583. The lowest BCUT2D eigenvalue weighted by Gasteiger charge is -2.27. The monoisotopic (exact) mass is 336 g/mol. The summed E-state index contributed by atoms with van der Waals surface area (Å²) in [7, 11) is -1.14. The zero-order valence-corrected chi connectivity index (χ0v) is 13.4. The molecule has 1 aromatic rings. The third-order valence-electron chi connectivity index (χ3n) is 2.61. The van der Waals surface area contributed by atoms with Crippen molar-refractivity contribution in [3.8, 4) is 0 Å². The van der Waals surface area contributed by atoms with Crippen molar-refractivity contribution >= 4 is 26.9 Å². The van der Waals surface area contributed by atoms with Crippen molar-refractivity contribution in [2.75, 3.05) is 6.54 Å². The SMILES string of the molecule is CCN([C@H](C)c1ncc(Br)cc1F)S(=O)C(C)C. The molecule has 1 aromatic heterocycles. The van der Waals surface area contributed by atoms with Crippen molar-refractivity contribution < 1.29 is 8.60 Å². The van der Waals surface area contributed by atoms with E-state index in [0.29, 0.717) is 16.7 Å². The van der Waals surface area contributed by atoms with Crippen LogP contribution in [0.2, 0.25) is 0 Å². The molecule has 0 amide bonds. The second-order valence-corrected chi connectivity index (χ2v) is 7.13. The Labute approximate surface area is 119 Å². The molecule has 0 fully saturated rings. The molecule has 1 unspecified atom stereocenters. The van der Waals surface area contributed by atoms with E-state index in [0.717, 1.165) is 0 Å². The van der Waals surface area contributed by atoms with Crippen LogP contribution < -0.4 is 0 Å². The molecule has 0 aromatic carbocycles. The van der Waals surface area contributed by atoms with Crippen LogP contribution >= 0.6 is 15.9 Å². The standard InChI is InChI=1S/C12H18BrFN2OS/c1-5-16(18(17)8(2)3)9(4)12-11(14)6-10(13)7-15-12/h6-9H,5H2,1-4H3/t9-,18?/m1/s1. The first kappa shape index (κ1) is 15.7. The first-order valence-corrected chi connectivity index (χ1v) is 7.83. The van der Waals surface area contributed by atoms with Crippen molar-refractivity contribution in [3.63, 3.8) is 0 Å². The van der Waals surface area contributed by atoms with Gasteiger partial charge in [0.2, 0.25) is 0 Å². The quantitative estimate of drug-likeness (QED) is 0.825. The fourth-order valence-corrected chi connectivity index (χ4v) is 3.21. The second kappa shape index (κ2) is 6.73. The summed E-state index contributed by atoms with van der Waals surface area (Å²) in [5, 5.41) is 0.00547. The van der Waals surface area contributed by atoms with Gasteiger partial charge in [0, 0.05) is 22.5 Å². The molecule has 2 atom stereocenters. The van der Waals surface area contributed by atoms with Crippen LogP contribution in [0.3, 0.4) is 0 Å². The van der Waals surface area contributed by atoms with Crippen LogP contribution in [0.15, 0.2) is 16.7 Å². The van der Waals surface area contributed by atoms with Gasteiger partial charge in [-0.15, -0.1) is 0 Å². The van der Waals surface area contributed by atoms with Gasteiger partial charge >= 0.3 is 0 Å². The maximum Gasteiger partial charge on any atom is 0.147 e. The maximum atomic E-state index is 13.8. The number of rotatable bonds is 5. The minimum absolute atomic E-state index is 0.00547. The Bertz CT molecular complexity index is 442. The number of hydrogen-bond donors (Lipinski definition) is 0. The van der Waals surface area contributed by atoms with Gasteiger partial charge in [0.15, 0.2) is 0 Å². The summed E-state index contributed by atoms with van der Waals surface area (Å²) < 4.78 is 28.3. The third kappa shape index (κ3) is 3.59. The molecule has 0 N–H and O–H groups in total. The van der Waals surface area contributed by atoms with Crippen molar-refractivity contribution in [1.29, 1.82) is 0 Å². The van der Waals surface area contributed by atoms with Crippen molar-refractivity contribution in [3.05, 3.63) is 28.2 Å². The first-order valence-electron chi connectivity index (χ1n) is 5.86. The summed E-state index contributed by atoms with van der Waals surface area (Å²) in [6, 6.07) is 1.07. The van der Waals surface area contributed by atoms with E-state index in [9.17, 15) is 8.60 Å². The van der Waals surface area contributed by atoms with Crippen molar-refractivity contribution in [2.45, 2.75) is 39.0 Å². The molecule has 102 valence electrons. The van der Waals surface area contributed by atoms with E-state index in [-0.39, 0.29) is 17.1 Å². The number of aromatic nitrogens is 1. The minimum Gasteiger partial charge on any atom is -0.255 e. The van der Waals surface area contributed by atoms with E-state index >= 15 is 0 Å². The van der Waals surface area contributed by atoms with Crippen molar-refractivity contribution in [1.82, 2.24) is 9.29 Å². The van der Waals surface area contributed by atoms with Crippen LogP contribution in [0.5, 0.6) is 0 Å². The molecule has 0 aliphatic heterocycles. The first-order chi connectivity index (χ1) is 8.38. The molecule has 3 nitrogen and oxygen atoms in total. The van der Waals surface area contributed by atoms with Crippen LogP contribution in [0, 0.1) is 5.82 Å². The van der Waals surface area contributed by atoms with Crippen molar-refractivity contribution in [2.24, 2.45) is 0 Å². The zero-order valence-electron chi connectivity index (χ0n) is 11.0. The minimum atomic E-state index is -1.14.